The van der Waals surface area contributed by atoms with Crippen molar-refractivity contribution in [3.63, 3.8) is 0 Å². The van der Waals surface area contributed by atoms with Gasteiger partial charge in [0.05, 0.1) is 0 Å². The van der Waals surface area contributed by atoms with Gasteiger partial charge in [0, 0.05) is 31.7 Å². The third-order valence-corrected chi connectivity index (χ3v) is 7.08. The van der Waals surface area contributed by atoms with Crippen LogP contribution in [-0.4, -0.2) is 52.8 Å². The Labute approximate surface area is 182 Å². The quantitative estimate of drug-likeness (QED) is 0.712. The molecule has 3 atom stereocenters. The lowest BCUT2D eigenvalue weighted by atomic mass is 9.92. The third kappa shape index (κ3) is 4.26. The largest absolute Gasteiger partial charge is 0.421 e. The van der Waals surface area contributed by atoms with Gasteiger partial charge in [-0.1, -0.05) is 49.4 Å². The van der Waals surface area contributed by atoms with Crippen molar-refractivity contribution >= 4 is 0 Å². The van der Waals surface area contributed by atoms with Crippen LogP contribution in [0.4, 0.5) is 13.2 Å². The van der Waals surface area contributed by atoms with E-state index in [2.05, 4.69) is 34.9 Å². The van der Waals surface area contributed by atoms with Gasteiger partial charge in [-0.15, -0.1) is 0 Å². The maximum atomic E-state index is 13.1. The fourth-order valence-corrected chi connectivity index (χ4v) is 5.27. The average molecular weight is 433 g/mol. The number of alkyl halides is 3. The van der Waals surface area contributed by atoms with Gasteiger partial charge in [-0.3, -0.25) is 9.80 Å². The number of halogens is 3. The molecule has 31 heavy (non-hydrogen) atoms. The second-order valence-electron chi connectivity index (χ2n) is 9.21. The van der Waals surface area contributed by atoms with Gasteiger partial charge in [0.25, 0.3) is 0 Å². The number of hydrogen-bond donors (Lipinski definition) is 1. The zero-order valence-corrected chi connectivity index (χ0v) is 18.4. The van der Waals surface area contributed by atoms with Crippen LogP contribution in [0, 0.1) is 6.92 Å². The monoisotopic (exact) mass is 432 g/mol. The molecule has 4 rings (SSSR count). The minimum Gasteiger partial charge on any atom is -0.376 e. The van der Waals surface area contributed by atoms with Crippen molar-refractivity contribution in [1.29, 1.82) is 0 Å². The Morgan fingerprint density at radius 1 is 1.00 bits per heavy atom. The van der Waals surface area contributed by atoms with E-state index in [4.69, 9.17) is 0 Å². The molecule has 2 aliphatic rings. The molecule has 2 heterocycles. The molecule has 1 N–H and O–H groups in total. The minimum absolute atomic E-state index is 0.154. The van der Waals surface area contributed by atoms with E-state index < -0.39 is 11.8 Å². The topological polar surface area (TPSA) is 26.7 Å². The zero-order chi connectivity index (χ0) is 22.4. The van der Waals surface area contributed by atoms with Crippen molar-refractivity contribution in [2.24, 2.45) is 0 Å². The molecular formula is C25H31F3N2O. The summed E-state index contributed by atoms with van der Waals surface area (Å²) >= 11 is 0. The molecular weight excluding hydrogens is 401 g/mol. The van der Waals surface area contributed by atoms with E-state index in [0.717, 1.165) is 49.8 Å². The van der Waals surface area contributed by atoms with Crippen LogP contribution in [0.3, 0.4) is 0 Å². The van der Waals surface area contributed by atoms with Gasteiger partial charge in [0.15, 0.2) is 5.60 Å². The number of benzene rings is 2. The molecule has 2 fully saturated rings. The Balaban J connectivity index is 1.47. The van der Waals surface area contributed by atoms with Crippen LogP contribution < -0.4 is 0 Å². The fraction of sp³-hybridized carbons (Fsp3) is 0.520. The summed E-state index contributed by atoms with van der Waals surface area (Å²) in [6, 6.07) is 13.7. The van der Waals surface area contributed by atoms with E-state index in [9.17, 15) is 18.3 Å². The first-order valence-corrected chi connectivity index (χ1v) is 11.1. The molecule has 2 aromatic carbocycles. The standard InChI is InChI=1S/C25H31F3N2O/c1-4-30-21-10-11-22(30)16-29(15-21)14-18-5-12-23(17(2)13-18)19-6-8-20(9-7-19)24(3,31)25(26,27)28/h5-9,12-13,21-22,31H,4,10-11,14-16H2,1-3H3. The van der Waals surface area contributed by atoms with Gasteiger partial charge in [0.2, 0.25) is 0 Å². The van der Waals surface area contributed by atoms with Gasteiger partial charge in [0.1, 0.15) is 0 Å². The van der Waals surface area contributed by atoms with Crippen molar-refractivity contribution in [2.45, 2.75) is 64.0 Å². The van der Waals surface area contributed by atoms with Crippen LogP contribution in [0.25, 0.3) is 11.1 Å². The van der Waals surface area contributed by atoms with Crippen LogP contribution in [-0.2, 0) is 12.1 Å². The lowest BCUT2D eigenvalue weighted by molar-refractivity contribution is -0.258. The zero-order valence-electron chi connectivity index (χ0n) is 18.4. The summed E-state index contributed by atoms with van der Waals surface area (Å²) in [5.74, 6) is 0. The summed E-state index contributed by atoms with van der Waals surface area (Å²) in [5, 5.41) is 9.87. The fourth-order valence-electron chi connectivity index (χ4n) is 5.27. The Morgan fingerprint density at radius 2 is 1.61 bits per heavy atom. The molecule has 0 amide bonds. The second kappa shape index (κ2) is 8.23. The smallest absolute Gasteiger partial charge is 0.376 e. The minimum atomic E-state index is -4.71. The number of aliphatic hydroxyl groups is 1. The molecule has 2 bridgehead atoms. The molecule has 2 aromatic rings. The summed E-state index contributed by atoms with van der Waals surface area (Å²) < 4.78 is 39.2. The van der Waals surface area contributed by atoms with E-state index in [1.165, 1.54) is 30.5 Å². The second-order valence-corrected chi connectivity index (χ2v) is 9.21. The van der Waals surface area contributed by atoms with E-state index in [1.807, 2.05) is 6.92 Å². The maximum absolute atomic E-state index is 13.1. The number of fused-ring (bicyclic) bond motifs is 2. The van der Waals surface area contributed by atoms with Crippen molar-refractivity contribution in [2.75, 3.05) is 19.6 Å². The predicted molar refractivity (Wildman–Crippen MR) is 117 cm³/mol. The molecule has 3 nitrogen and oxygen atoms in total. The lowest BCUT2D eigenvalue weighted by Gasteiger charge is -2.40. The van der Waals surface area contributed by atoms with E-state index in [0.29, 0.717) is 12.1 Å². The van der Waals surface area contributed by atoms with Crippen LogP contribution >= 0.6 is 0 Å². The summed E-state index contributed by atoms with van der Waals surface area (Å²) in [7, 11) is 0. The summed E-state index contributed by atoms with van der Waals surface area (Å²) in [6.45, 7) is 9.37. The Bertz CT molecular complexity index is 909. The number of likely N-dealkylation sites (tertiary alicyclic amines) is 1. The molecule has 0 spiro atoms. The number of aryl methyl sites for hydroxylation is 1. The highest BCUT2D eigenvalue weighted by Crippen LogP contribution is 2.39. The predicted octanol–water partition coefficient (Wildman–Crippen LogP) is 5.10. The van der Waals surface area contributed by atoms with Gasteiger partial charge in [-0.05, 0) is 61.1 Å². The van der Waals surface area contributed by atoms with Gasteiger partial charge < -0.3 is 5.11 Å². The van der Waals surface area contributed by atoms with E-state index in [1.54, 1.807) is 12.1 Å². The Hall–Kier alpha value is -1.89. The Kier molecular flexibility index (Phi) is 5.92. The first-order valence-electron chi connectivity index (χ1n) is 11.1. The molecule has 0 saturated carbocycles. The summed E-state index contributed by atoms with van der Waals surface area (Å²) in [6.07, 6.45) is -2.12. The normalized spacial score (nSPS) is 24.4. The van der Waals surface area contributed by atoms with E-state index >= 15 is 0 Å². The SMILES string of the molecule is CCN1C2CCC1CN(Cc1ccc(-c3ccc(C(C)(O)C(F)(F)F)cc3)c(C)c1)C2. The lowest BCUT2D eigenvalue weighted by Crippen LogP contribution is -2.53. The Morgan fingerprint density at radius 3 is 2.13 bits per heavy atom. The maximum Gasteiger partial charge on any atom is 0.421 e. The molecule has 0 aliphatic carbocycles. The number of piperazine rings is 1. The molecule has 3 unspecified atom stereocenters. The highest BCUT2D eigenvalue weighted by molar-refractivity contribution is 5.68. The van der Waals surface area contributed by atoms with Crippen molar-refractivity contribution in [3.05, 3.63) is 59.2 Å². The third-order valence-electron chi connectivity index (χ3n) is 7.08. The van der Waals surface area contributed by atoms with Gasteiger partial charge in [-0.25, -0.2) is 0 Å². The number of rotatable bonds is 5. The van der Waals surface area contributed by atoms with Crippen LogP contribution in [0.5, 0.6) is 0 Å². The van der Waals surface area contributed by atoms with Crippen LogP contribution in [0.2, 0.25) is 0 Å². The average Bonchev–Trinajstić information content (AvgIpc) is 2.96. The van der Waals surface area contributed by atoms with Crippen LogP contribution in [0.1, 0.15) is 43.4 Å². The molecule has 2 saturated heterocycles. The molecule has 0 radical (unpaired) electrons. The molecule has 6 heteroatoms. The molecule has 168 valence electrons. The molecule has 2 aliphatic heterocycles. The van der Waals surface area contributed by atoms with Crippen molar-refractivity contribution in [3.8, 4) is 11.1 Å². The first kappa shape index (κ1) is 22.3. The van der Waals surface area contributed by atoms with Crippen molar-refractivity contribution < 1.29 is 18.3 Å². The highest BCUT2D eigenvalue weighted by atomic mass is 19.4. The highest BCUT2D eigenvalue weighted by Gasteiger charge is 2.51. The molecule has 0 aromatic heterocycles. The summed E-state index contributed by atoms with van der Waals surface area (Å²) in [4.78, 5) is 5.20. The van der Waals surface area contributed by atoms with Crippen molar-refractivity contribution in [1.82, 2.24) is 9.80 Å². The number of likely N-dealkylation sites (N-methyl/N-ethyl adjacent to an activating group) is 1. The number of nitrogens with zero attached hydrogens (tertiary/aromatic N) is 2. The van der Waals surface area contributed by atoms with Gasteiger partial charge >= 0.3 is 6.18 Å². The summed E-state index contributed by atoms with van der Waals surface area (Å²) in [5.41, 5.74) is 1.20. The number of hydrogen-bond acceptors (Lipinski definition) is 3. The van der Waals surface area contributed by atoms with Gasteiger partial charge in [-0.2, -0.15) is 13.2 Å². The van der Waals surface area contributed by atoms with E-state index in [-0.39, 0.29) is 5.56 Å². The van der Waals surface area contributed by atoms with Crippen LogP contribution in [0.15, 0.2) is 42.5 Å². The first-order chi connectivity index (χ1) is 14.6.